The first-order valence-corrected chi connectivity index (χ1v) is 21.4. The molecule has 0 saturated heterocycles. The molecule has 13 aromatic rings. The van der Waals surface area contributed by atoms with Crippen LogP contribution in [0.15, 0.2) is 224 Å². The number of benzene rings is 9. The standard InChI is InChI=1S/C58H37N5/c1-5-17-38(18-6-1)49-37-50(60-58(59-49)39-19-7-2-8-20-39)40-29-33-53-48(35-40)56-54(61(53)41-21-9-3-10-22-41)34-32-47-45-26-14-16-28-52(45)63(57(47)56)43-30-31-46-44-25-13-15-27-51(44)62(55(46)36-43)42-23-11-4-12-24-42/h1-37H. The third-order valence-corrected chi connectivity index (χ3v) is 12.6. The molecule has 5 nitrogen and oxygen atoms in total. The number of para-hydroxylation sites is 4. The van der Waals surface area contributed by atoms with Crippen LogP contribution >= 0.6 is 0 Å². The predicted octanol–water partition coefficient (Wildman–Crippen LogP) is 14.8. The smallest absolute Gasteiger partial charge is 0.160 e. The maximum Gasteiger partial charge on any atom is 0.160 e. The van der Waals surface area contributed by atoms with Gasteiger partial charge in [0.15, 0.2) is 5.82 Å². The van der Waals surface area contributed by atoms with Gasteiger partial charge in [0.2, 0.25) is 0 Å². The molecule has 0 saturated carbocycles. The Morgan fingerprint density at radius 1 is 0.270 bits per heavy atom. The second-order valence-corrected chi connectivity index (χ2v) is 16.2. The summed E-state index contributed by atoms with van der Waals surface area (Å²) >= 11 is 0. The van der Waals surface area contributed by atoms with E-state index in [0.717, 1.165) is 67.1 Å². The summed E-state index contributed by atoms with van der Waals surface area (Å²) in [4.78, 5) is 10.4. The van der Waals surface area contributed by atoms with Gasteiger partial charge >= 0.3 is 0 Å². The molecule has 4 heterocycles. The molecule has 0 unspecified atom stereocenters. The van der Waals surface area contributed by atoms with Crippen molar-refractivity contribution in [3.05, 3.63) is 224 Å². The molecule has 0 bridgehead atoms. The fourth-order valence-corrected chi connectivity index (χ4v) is 9.86. The minimum absolute atomic E-state index is 0.699. The lowest BCUT2D eigenvalue weighted by molar-refractivity contribution is 1.16. The predicted molar refractivity (Wildman–Crippen MR) is 261 cm³/mol. The molecule has 0 fully saturated rings. The molecule has 0 aliphatic carbocycles. The van der Waals surface area contributed by atoms with E-state index >= 15 is 0 Å². The largest absolute Gasteiger partial charge is 0.309 e. The molecule has 4 aromatic heterocycles. The van der Waals surface area contributed by atoms with Crippen molar-refractivity contribution in [2.75, 3.05) is 0 Å². The summed E-state index contributed by atoms with van der Waals surface area (Å²) < 4.78 is 7.31. The Bertz CT molecular complexity index is 3820. The van der Waals surface area contributed by atoms with Crippen molar-refractivity contribution < 1.29 is 0 Å². The lowest BCUT2D eigenvalue weighted by Crippen LogP contribution is -1.97. The summed E-state index contributed by atoms with van der Waals surface area (Å²) in [5, 5.41) is 7.23. The molecule has 63 heavy (non-hydrogen) atoms. The molecule has 294 valence electrons. The Kier molecular flexibility index (Phi) is 7.84. The maximum atomic E-state index is 5.27. The van der Waals surface area contributed by atoms with Crippen LogP contribution in [0.3, 0.4) is 0 Å². The Hall–Kier alpha value is -8.54. The van der Waals surface area contributed by atoms with Crippen LogP contribution in [0.5, 0.6) is 0 Å². The highest BCUT2D eigenvalue weighted by atomic mass is 15.0. The molecule has 0 aliphatic rings. The summed E-state index contributed by atoms with van der Waals surface area (Å²) in [7, 11) is 0. The van der Waals surface area contributed by atoms with Gasteiger partial charge in [0.25, 0.3) is 0 Å². The van der Waals surface area contributed by atoms with Gasteiger partial charge in [-0.3, -0.25) is 0 Å². The van der Waals surface area contributed by atoms with Gasteiger partial charge < -0.3 is 13.7 Å². The van der Waals surface area contributed by atoms with E-state index in [0.29, 0.717) is 5.82 Å². The van der Waals surface area contributed by atoms with Gasteiger partial charge in [-0.1, -0.05) is 152 Å². The lowest BCUT2D eigenvalue weighted by atomic mass is 10.0. The highest BCUT2D eigenvalue weighted by Gasteiger charge is 2.23. The third-order valence-electron chi connectivity index (χ3n) is 12.6. The first-order chi connectivity index (χ1) is 31.3. The first-order valence-electron chi connectivity index (χ1n) is 21.4. The molecule has 0 amide bonds. The molecule has 9 aromatic carbocycles. The Balaban J connectivity index is 1.13. The van der Waals surface area contributed by atoms with Crippen LogP contribution in [0.25, 0.3) is 116 Å². The normalized spacial score (nSPS) is 11.8. The van der Waals surface area contributed by atoms with Crippen LogP contribution in [-0.4, -0.2) is 23.7 Å². The van der Waals surface area contributed by atoms with Crippen LogP contribution in [0.1, 0.15) is 0 Å². The van der Waals surface area contributed by atoms with Crippen LogP contribution in [-0.2, 0) is 0 Å². The minimum Gasteiger partial charge on any atom is -0.309 e. The van der Waals surface area contributed by atoms with Gasteiger partial charge in [0, 0.05) is 66.1 Å². The highest BCUT2D eigenvalue weighted by molar-refractivity contribution is 6.26. The molecular formula is C58H37N5. The maximum absolute atomic E-state index is 5.27. The lowest BCUT2D eigenvalue weighted by Gasteiger charge is -2.12. The van der Waals surface area contributed by atoms with Crippen molar-refractivity contribution in [2.24, 2.45) is 0 Å². The van der Waals surface area contributed by atoms with Gasteiger partial charge in [-0.05, 0) is 72.8 Å². The van der Waals surface area contributed by atoms with Gasteiger partial charge in [0.1, 0.15) is 0 Å². The summed E-state index contributed by atoms with van der Waals surface area (Å²) in [5.41, 5.74) is 15.1. The zero-order valence-corrected chi connectivity index (χ0v) is 34.1. The van der Waals surface area contributed by atoms with E-state index in [1.54, 1.807) is 0 Å². The molecule has 13 rings (SSSR count). The van der Waals surface area contributed by atoms with Crippen molar-refractivity contribution in [3.63, 3.8) is 0 Å². The summed E-state index contributed by atoms with van der Waals surface area (Å²) in [5.74, 6) is 0.699. The molecular weight excluding hydrogens is 767 g/mol. The second-order valence-electron chi connectivity index (χ2n) is 16.2. The molecule has 0 radical (unpaired) electrons. The van der Waals surface area contributed by atoms with Crippen LogP contribution in [0.4, 0.5) is 0 Å². The van der Waals surface area contributed by atoms with Gasteiger partial charge in [-0.15, -0.1) is 0 Å². The molecule has 0 atom stereocenters. The van der Waals surface area contributed by atoms with E-state index in [9.17, 15) is 0 Å². The number of fused-ring (bicyclic) bond motifs is 10. The summed E-state index contributed by atoms with van der Waals surface area (Å²) in [6.07, 6.45) is 0. The van der Waals surface area contributed by atoms with Crippen LogP contribution < -0.4 is 0 Å². The monoisotopic (exact) mass is 803 g/mol. The van der Waals surface area contributed by atoms with Crippen molar-refractivity contribution in [1.82, 2.24) is 23.7 Å². The van der Waals surface area contributed by atoms with Gasteiger partial charge in [-0.2, -0.15) is 0 Å². The number of hydrogen-bond acceptors (Lipinski definition) is 2. The molecule has 0 aliphatic heterocycles. The zero-order chi connectivity index (χ0) is 41.4. The Morgan fingerprint density at radius 3 is 1.44 bits per heavy atom. The van der Waals surface area contributed by atoms with E-state index in [1.165, 1.54) is 43.5 Å². The fourth-order valence-electron chi connectivity index (χ4n) is 9.86. The summed E-state index contributed by atoms with van der Waals surface area (Å²) in [6, 6.07) is 80.3. The molecule has 5 heteroatoms. The average Bonchev–Trinajstić information content (AvgIpc) is 4.00. The van der Waals surface area contributed by atoms with Crippen LogP contribution in [0, 0.1) is 0 Å². The third kappa shape index (κ3) is 5.50. The zero-order valence-electron chi connectivity index (χ0n) is 34.1. The van der Waals surface area contributed by atoms with Crippen molar-refractivity contribution in [3.8, 4) is 51.0 Å². The van der Waals surface area contributed by atoms with E-state index in [4.69, 9.17) is 9.97 Å². The first kappa shape index (κ1) is 35.2. The van der Waals surface area contributed by atoms with E-state index < -0.39 is 0 Å². The summed E-state index contributed by atoms with van der Waals surface area (Å²) in [6.45, 7) is 0. The average molecular weight is 804 g/mol. The minimum atomic E-state index is 0.699. The number of rotatable bonds is 6. The fraction of sp³-hybridized carbons (Fsp3) is 0. The van der Waals surface area contributed by atoms with Crippen molar-refractivity contribution in [1.29, 1.82) is 0 Å². The Morgan fingerprint density at radius 2 is 0.762 bits per heavy atom. The van der Waals surface area contributed by atoms with Gasteiger partial charge in [-0.25, -0.2) is 9.97 Å². The van der Waals surface area contributed by atoms with Crippen molar-refractivity contribution in [2.45, 2.75) is 0 Å². The van der Waals surface area contributed by atoms with Gasteiger partial charge in [0.05, 0.1) is 44.5 Å². The van der Waals surface area contributed by atoms with E-state index in [1.807, 2.05) is 24.3 Å². The van der Waals surface area contributed by atoms with E-state index in [2.05, 4.69) is 214 Å². The highest BCUT2D eigenvalue weighted by Crippen LogP contribution is 2.44. The molecule has 0 spiro atoms. The SMILES string of the molecule is c1ccc(-c2cc(-c3ccc4c(c3)c3c(ccc5c6ccccc6n(-c6ccc7c8ccccc8n(-c8ccccc8)c7c6)c53)n4-c3ccccc3)nc(-c3ccccc3)n2)cc1. The number of nitrogens with zero attached hydrogens (tertiary/aromatic N) is 5. The second kappa shape index (κ2) is 14.0. The van der Waals surface area contributed by atoms with E-state index in [-0.39, 0.29) is 0 Å². The Labute approximate surface area is 363 Å². The number of hydrogen-bond donors (Lipinski definition) is 0. The van der Waals surface area contributed by atoms with Crippen LogP contribution in [0.2, 0.25) is 0 Å². The topological polar surface area (TPSA) is 40.6 Å². The molecule has 0 N–H and O–H groups in total. The number of aromatic nitrogens is 5. The van der Waals surface area contributed by atoms with Crippen molar-refractivity contribution >= 4 is 65.4 Å². The quantitative estimate of drug-likeness (QED) is 0.168.